The summed E-state index contributed by atoms with van der Waals surface area (Å²) in [7, 11) is 3.50. The van der Waals surface area contributed by atoms with Crippen molar-refractivity contribution in [3.63, 3.8) is 0 Å². The fourth-order valence-corrected chi connectivity index (χ4v) is 2.44. The smallest absolute Gasteiger partial charge is 0.224 e. The molecule has 0 fully saturated rings. The molecule has 2 rings (SSSR count). The van der Waals surface area contributed by atoms with E-state index in [1.807, 2.05) is 38.2 Å². The van der Waals surface area contributed by atoms with Crippen LogP contribution in [0, 0.1) is 5.92 Å². The third-order valence-corrected chi connectivity index (χ3v) is 3.61. The molecule has 2 N–H and O–H groups in total. The molecule has 0 aliphatic carbocycles. The Morgan fingerprint density at radius 2 is 1.95 bits per heavy atom. The molecule has 0 saturated heterocycles. The van der Waals surface area contributed by atoms with Gasteiger partial charge in [0.15, 0.2) is 0 Å². The fourth-order valence-electron chi connectivity index (χ4n) is 2.44. The molecule has 1 atom stereocenters. The topological polar surface area (TPSA) is 50.4 Å². The highest BCUT2D eigenvalue weighted by Crippen LogP contribution is 2.27. The van der Waals surface area contributed by atoms with Crippen LogP contribution in [0.4, 0.5) is 0 Å². The Morgan fingerprint density at radius 1 is 1.23 bits per heavy atom. The van der Waals surface area contributed by atoms with Crippen molar-refractivity contribution in [1.29, 1.82) is 0 Å². The first-order chi connectivity index (χ1) is 10.2. The minimum atomic E-state index is -0.0593. The molecule has 1 unspecified atom stereocenters. The van der Waals surface area contributed by atoms with Crippen LogP contribution in [0.5, 0.6) is 5.75 Å². The van der Waals surface area contributed by atoms with E-state index in [0.29, 0.717) is 13.1 Å². The van der Waals surface area contributed by atoms with Gasteiger partial charge in [0.05, 0.1) is 7.11 Å². The second-order valence-corrected chi connectivity index (χ2v) is 5.14. The van der Waals surface area contributed by atoms with Gasteiger partial charge in [0.25, 0.3) is 0 Å². The Hall–Kier alpha value is -1.78. The van der Waals surface area contributed by atoms with Crippen LogP contribution in [0.3, 0.4) is 0 Å². The normalized spacial score (nSPS) is 11.6. The molecule has 5 heteroatoms. The predicted molar refractivity (Wildman–Crippen MR) is 92.7 cm³/mol. The van der Waals surface area contributed by atoms with Crippen molar-refractivity contribution in [2.75, 3.05) is 20.7 Å². The first-order valence-corrected chi connectivity index (χ1v) is 7.14. The van der Waals surface area contributed by atoms with Gasteiger partial charge in [-0.1, -0.05) is 37.3 Å². The Morgan fingerprint density at radius 3 is 2.64 bits per heavy atom. The lowest BCUT2D eigenvalue weighted by atomic mass is 10.0. The van der Waals surface area contributed by atoms with Crippen LogP contribution >= 0.6 is 12.4 Å². The van der Waals surface area contributed by atoms with E-state index in [4.69, 9.17) is 4.74 Å². The largest absolute Gasteiger partial charge is 0.496 e. The van der Waals surface area contributed by atoms with Crippen molar-refractivity contribution >= 4 is 29.1 Å². The van der Waals surface area contributed by atoms with Gasteiger partial charge in [-0.2, -0.15) is 0 Å². The minimum Gasteiger partial charge on any atom is -0.496 e. The predicted octanol–water partition coefficient (Wildman–Crippen LogP) is 2.74. The lowest BCUT2D eigenvalue weighted by molar-refractivity contribution is -0.124. The molecule has 0 aliphatic rings. The first-order valence-electron chi connectivity index (χ1n) is 7.14. The van der Waals surface area contributed by atoms with Crippen LogP contribution in [0.15, 0.2) is 36.4 Å². The van der Waals surface area contributed by atoms with Crippen LogP contribution in [-0.4, -0.2) is 26.6 Å². The van der Waals surface area contributed by atoms with Crippen LogP contribution in [0.2, 0.25) is 0 Å². The van der Waals surface area contributed by atoms with Crippen molar-refractivity contribution in [2.45, 2.75) is 13.5 Å². The third-order valence-electron chi connectivity index (χ3n) is 3.61. The van der Waals surface area contributed by atoms with E-state index >= 15 is 0 Å². The second-order valence-electron chi connectivity index (χ2n) is 5.14. The SMILES string of the molecule is CNCC(C)C(=O)NCc1c(OC)ccc2ccccc12.Cl. The number of nitrogens with one attached hydrogen (secondary N) is 2. The van der Waals surface area contributed by atoms with Crippen molar-refractivity contribution in [3.8, 4) is 5.75 Å². The summed E-state index contributed by atoms with van der Waals surface area (Å²) in [6.45, 7) is 3.04. The van der Waals surface area contributed by atoms with E-state index in [1.54, 1.807) is 7.11 Å². The maximum Gasteiger partial charge on any atom is 0.224 e. The Labute approximate surface area is 137 Å². The fraction of sp³-hybridized carbons (Fsp3) is 0.353. The molecule has 0 bridgehead atoms. The molecule has 0 spiro atoms. The molecule has 0 aliphatic heterocycles. The number of benzene rings is 2. The summed E-state index contributed by atoms with van der Waals surface area (Å²) in [6.07, 6.45) is 0. The maximum atomic E-state index is 12.1. The number of fused-ring (bicyclic) bond motifs is 1. The van der Waals surface area contributed by atoms with Gasteiger partial charge in [0.2, 0.25) is 5.91 Å². The Kier molecular flexibility index (Phi) is 7.15. The molecule has 0 heterocycles. The van der Waals surface area contributed by atoms with Gasteiger partial charge in [-0.15, -0.1) is 12.4 Å². The standard InChI is InChI=1S/C17H22N2O2.ClH/c1-12(10-18-2)17(20)19-11-15-14-7-5-4-6-13(14)8-9-16(15)21-3;/h4-9,12,18H,10-11H2,1-3H3,(H,19,20);1H. The van der Waals surface area contributed by atoms with Gasteiger partial charge in [0, 0.05) is 24.6 Å². The van der Waals surface area contributed by atoms with Gasteiger partial charge in [-0.25, -0.2) is 0 Å². The highest BCUT2D eigenvalue weighted by Gasteiger charge is 2.14. The van der Waals surface area contributed by atoms with E-state index in [2.05, 4.69) is 22.8 Å². The first kappa shape index (κ1) is 18.3. The van der Waals surface area contributed by atoms with E-state index < -0.39 is 0 Å². The number of amides is 1. The van der Waals surface area contributed by atoms with Gasteiger partial charge in [-0.3, -0.25) is 4.79 Å². The van der Waals surface area contributed by atoms with Crippen LogP contribution in [0.25, 0.3) is 10.8 Å². The quantitative estimate of drug-likeness (QED) is 0.860. The van der Waals surface area contributed by atoms with Gasteiger partial charge < -0.3 is 15.4 Å². The number of rotatable bonds is 6. The minimum absolute atomic E-state index is 0. The number of carbonyl (C=O) groups excluding carboxylic acids is 1. The van der Waals surface area contributed by atoms with Crippen molar-refractivity contribution < 1.29 is 9.53 Å². The van der Waals surface area contributed by atoms with Crippen molar-refractivity contribution in [1.82, 2.24) is 10.6 Å². The molecular formula is C17H23ClN2O2. The van der Waals surface area contributed by atoms with Crippen LogP contribution in [0.1, 0.15) is 12.5 Å². The average Bonchev–Trinajstić information content (AvgIpc) is 2.52. The van der Waals surface area contributed by atoms with E-state index in [9.17, 15) is 4.79 Å². The number of carbonyl (C=O) groups is 1. The third kappa shape index (κ3) is 4.12. The van der Waals surface area contributed by atoms with Gasteiger partial charge >= 0.3 is 0 Å². The molecule has 2 aromatic rings. The van der Waals surface area contributed by atoms with Gasteiger partial charge in [0.1, 0.15) is 5.75 Å². The molecule has 22 heavy (non-hydrogen) atoms. The van der Waals surface area contributed by atoms with E-state index in [0.717, 1.165) is 22.1 Å². The molecular weight excluding hydrogens is 300 g/mol. The number of halogens is 1. The maximum absolute atomic E-state index is 12.1. The summed E-state index contributed by atoms with van der Waals surface area (Å²) >= 11 is 0. The van der Waals surface area contributed by atoms with Gasteiger partial charge in [-0.05, 0) is 23.9 Å². The summed E-state index contributed by atoms with van der Waals surface area (Å²) in [5.74, 6) is 0.783. The summed E-state index contributed by atoms with van der Waals surface area (Å²) in [5.41, 5.74) is 1.01. The molecule has 1 amide bonds. The molecule has 120 valence electrons. The molecule has 4 nitrogen and oxygen atoms in total. The Balaban J connectivity index is 0.00000242. The second kappa shape index (κ2) is 8.61. The molecule has 0 saturated carbocycles. The average molecular weight is 323 g/mol. The highest BCUT2D eigenvalue weighted by molar-refractivity contribution is 5.88. The number of hydrogen-bond acceptors (Lipinski definition) is 3. The monoisotopic (exact) mass is 322 g/mol. The van der Waals surface area contributed by atoms with E-state index in [-0.39, 0.29) is 24.2 Å². The lowest BCUT2D eigenvalue weighted by Crippen LogP contribution is -2.34. The summed E-state index contributed by atoms with van der Waals surface area (Å²) in [5, 5.41) is 8.26. The van der Waals surface area contributed by atoms with Crippen LogP contribution < -0.4 is 15.4 Å². The number of methoxy groups -OCH3 is 1. The Bertz CT molecular complexity index is 631. The molecule has 0 radical (unpaired) electrons. The highest BCUT2D eigenvalue weighted by atomic mass is 35.5. The molecule has 0 aromatic heterocycles. The molecule has 2 aromatic carbocycles. The zero-order valence-corrected chi connectivity index (χ0v) is 14.0. The zero-order valence-electron chi connectivity index (χ0n) is 13.2. The summed E-state index contributed by atoms with van der Waals surface area (Å²) < 4.78 is 5.43. The van der Waals surface area contributed by atoms with Crippen molar-refractivity contribution in [2.24, 2.45) is 5.92 Å². The summed E-state index contributed by atoms with van der Waals surface area (Å²) in [6, 6.07) is 12.1. The lowest BCUT2D eigenvalue weighted by Gasteiger charge is -2.15. The van der Waals surface area contributed by atoms with Crippen molar-refractivity contribution in [3.05, 3.63) is 42.0 Å². The van der Waals surface area contributed by atoms with E-state index in [1.165, 1.54) is 0 Å². The zero-order chi connectivity index (χ0) is 15.2. The van der Waals surface area contributed by atoms with Crippen LogP contribution in [-0.2, 0) is 11.3 Å². The number of hydrogen-bond donors (Lipinski definition) is 2. The summed E-state index contributed by atoms with van der Waals surface area (Å²) in [4.78, 5) is 12.1. The number of ether oxygens (including phenoxy) is 1.